The first kappa shape index (κ1) is 25.0. The van der Waals surface area contributed by atoms with Gasteiger partial charge in [0.15, 0.2) is 0 Å². The summed E-state index contributed by atoms with van der Waals surface area (Å²) < 4.78 is 20.3. The fourth-order valence-corrected chi connectivity index (χ4v) is 6.21. The van der Waals surface area contributed by atoms with Crippen molar-refractivity contribution in [3.05, 3.63) is 71.8 Å². The van der Waals surface area contributed by atoms with Gasteiger partial charge in [-0.15, -0.1) is 23.2 Å². The average Bonchev–Trinajstić information content (AvgIpc) is 2.83. The average molecular weight is 501 g/mol. The van der Waals surface area contributed by atoms with Gasteiger partial charge in [-0.05, 0) is 11.1 Å². The normalized spacial score (nSPS) is 21.0. The number of rotatable bonds is 9. The van der Waals surface area contributed by atoms with Crippen LogP contribution < -0.4 is 10.4 Å². The first-order valence-electron chi connectivity index (χ1n) is 10.3. The molecular formula is C21H27Cl2N4O4P. The monoisotopic (exact) mass is 500 g/mol. The number of alkyl halides is 2. The van der Waals surface area contributed by atoms with Gasteiger partial charge in [0, 0.05) is 31.3 Å². The second kappa shape index (κ2) is 12.0. The molecule has 11 heteroatoms. The number of hydrogen-bond acceptors (Lipinski definition) is 4. The summed E-state index contributed by atoms with van der Waals surface area (Å²) >= 11 is 11.6. The summed E-state index contributed by atoms with van der Waals surface area (Å²) in [7, 11) is -3.52. The van der Waals surface area contributed by atoms with Crippen LogP contribution >= 0.6 is 30.9 Å². The number of urea groups is 1. The molecule has 2 unspecified atom stereocenters. The lowest BCUT2D eigenvalue weighted by atomic mass is 9.99. The molecule has 8 nitrogen and oxygen atoms in total. The van der Waals surface area contributed by atoms with Gasteiger partial charge in [-0.3, -0.25) is 9.77 Å². The predicted octanol–water partition coefficient (Wildman–Crippen LogP) is 4.40. The maximum Gasteiger partial charge on any atom is 0.345 e. The van der Waals surface area contributed by atoms with Gasteiger partial charge in [0.05, 0.1) is 12.6 Å². The maximum absolute atomic E-state index is 13.3. The highest BCUT2D eigenvalue weighted by atomic mass is 35.5. The lowest BCUT2D eigenvalue weighted by Crippen LogP contribution is -2.54. The van der Waals surface area contributed by atoms with E-state index < -0.39 is 25.9 Å². The molecule has 3 N–H and O–H groups in total. The number of nitrogens with one attached hydrogen (secondary N) is 2. The largest absolute Gasteiger partial charge is 0.345 e. The van der Waals surface area contributed by atoms with Gasteiger partial charge in [0.25, 0.3) is 0 Å². The number of amides is 2. The minimum Gasteiger partial charge on any atom is -0.325 e. The molecule has 0 bridgehead atoms. The Kier molecular flexibility index (Phi) is 9.37. The van der Waals surface area contributed by atoms with Crippen molar-refractivity contribution >= 4 is 36.9 Å². The highest BCUT2D eigenvalue weighted by molar-refractivity contribution is 7.54. The number of halogens is 2. The molecule has 2 amide bonds. The lowest BCUT2D eigenvalue weighted by molar-refractivity contribution is -0.0928. The van der Waals surface area contributed by atoms with Gasteiger partial charge in [-0.2, -0.15) is 5.06 Å². The third-order valence-electron chi connectivity index (χ3n) is 5.06. The minimum atomic E-state index is -3.52. The molecule has 0 aliphatic carbocycles. The Labute approximate surface area is 198 Å². The van der Waals surface area contributed by atoms with E-state index in [-0.39, 0.29) is 37.9 Å². The van der Waals surface area contributed by atoms with E-state index in [1.807, 2.05) is 60.7 Å². The summed E-state index contributed by atoms with van der Waals surface area (Å²) in [6, 6.07) is 17.7. The second-order valence-corrected chi connectivity index (χ2v) is 10.0. The summed E-state index contributed by atoms with van der Waals surface area (Å²) in [6.07, 6.45) is -0.653. The topological polar surface area (TPSA) is 94.1 Å². The van der Waals surface area contributed by atoms with E-state index in [4.69, 9.17) is 27.7 Å². The molecule has 1 saturated heterocycles. The van der Waals surface area contributed by atoms with E-state index in [0.29, 0.717) is 5.06 Å². The van der Waals surface area contributed by atoms with Crippen molar-refractivity contribution in [2.24, 2.45) is 0 Å². The van der Waals surface area contributed by atoms with Gasteiger partial charge in [-0.1, -0.05) is 60.7 Å². The van der Waals surface area contributed by atoms with Gasteiger partial charge in [-0.25, -0.2) is 14.6 Å². The van der Waals surface area contributed by atoms with Crippen LogP contribution in [-0.4, -0.2) is 58.6 Å². The molecule has 1 aliphatic rings. The van der Waals surface area contributed by atoms with Crippen molar-refractivity contribution < 1.29 is 19.1 Å². The molecule has 2 aromatic carbocycles. The molecule has 3 rings (SSSR count). The van der Waals surface area contributed by atoms with Gasteiger partial charge < -0.3 is 9.84 Å². The number of hydrogen-bond donors (Lipinski definition) is 3. The van der Waals surface area contributed by atoms with E-state index in [1.165, 1.54) is 4.67 Å². The first-order valence-corrected chi connectivity index (χ1v) is 12.9. The maximum atomic E-state index is 13.3. The fraction of sp³-hybridized carbons (Fsp3) is 0.381. The van der Waals surface area contributed by atoms with E-state index in [2.05, 4.69) is 10.4 Å². The summed E-state index contributed by atoms with van der Waals surface area (Å²) in [5, 5.41) is 16.9. The van der Waals surface area contributed by atoms with Gasteiger partial charge >= 0.3 is 13.7 Å². The zero-order valence-electron chi connectivity index (χ0n) is 17.4. The third-order valence-corrected chi connectivity index (χ3v) is 7.70. The van der Waals surface area contributed by atoms with Crippen LogP contribution in [0.3, 0.4) is 0 Å². The van der Waals surface area contributed by atoms with Crippen molar-refractivity contribution in [1.29, 1.82) is 0 Å². The molecule has 174 valence electrons. The zero-order valence-corrected chi connectivity index (χ0v) is 19.8. The lowest BCUT2D eigenvalue weighted by Gasteiger charge is -2.39. The predicted molar refractivity (Wildman–Crippen MR) is 125 cm³/mol. The van der Waals surface area contributed by atoms with E-state index >= 15 is 0 Å². The van der Waals surface area contributed by atoms with Gasteiger partial charge in [0.2, 0.25) is 0 Å². The van der Waals surface area contributed by atoms with Crippen LogP contribution in [0.4, 0.5) is 4.79 Å². The van der Waals surface area contributed by atoms with Gasteiger partial charge in [0.1, 0.15) is 6.17 Å². The van der Waals surface area contributed by atoms with Crippen LogP contribution in [0.1, 0.15) is 23.6 Å². The molecule has 0 aromatic heterocycles. The smallest absolute Gasteiger partial charge is 0.325 e. The molecule has 0 radical (unpaired) electrons. The summed E-state index contributed by atoms with van der Waals surface area (Å²) in [5.41, 5.74) is 1.72. The van der Waals surface area contributed by atoms with Crippen LogP contribution in [0.5, 0.6) is 0 Å². The summed E-state index contributed by atoms with van der Waals surface area (Å²) in [6.45, 7) is 0.668. The van der Waals surface area contributed by atoms with Crippen molar-refractivity contribution in [3.63, 3.8) is 0 Å². The Morgan fingerprint density at radius 1 is 1.09 bits per heavy atom. The van der Waals surface area contributed by atoms with Crippen molar-refractivity contribution in [3.8, 4) is 0 Å². The van der Waals surface area contributed by atoms with Crippen LogP contribution in [-0.2, 0) is 9.09 Å². The van der Waals surface area contributed by atoms with Crippen LogP contribution in [0.2, 0.25) is 0 Å². The molecule has 1 aliphatic heterocycles. The molecule has 1 fully saturated rings. The Morgan fingerprint density at radius 3 is 2.12 bits per heavy atom. The Balaban J connectivity index is 1.75. The van der Waals surface area contributed by atoms with Crippen molar-refractivity contribution in [2.75, 3.05) is 31.5 Å². The standard InChI is InChI=1S/C21H27Cl2N4O4P/c22-12-14-26(15-13-23)32(30)25-19(11-16-31-32)27(29)21(28)24-20(17-7-3-1-4-8-17)18-9-5-2-6-10-18/h1-10,19-20,29H,11-16H2,(H,24,28)(H,25,30). The Morgan fingerprint density at radius 2 is 1.62 bits per heavy atom. The number of carbonyl (C=O) groups is 1. The fourth-order valence-electron chi connectivity index (χ4n) is 3.47. The van der Waals surface area contributed by atoms with Crippen LogP contribution in [0, 0.1) is 0 Å². The van der Waals surface area contributed by atoms with Crippen LogP contribution in [0.25, 0.3) is 0 Å². The molecule has 32 heavy (non-hydrogen) atoms. The summed E-state index contributed by atoms with van der Waals surface area (Å²) in [4.78, 5) is 13.0. The van der Waals surface area contributed by atoms with Crippen LogP contribution in [0.15, 0.2) is 60.7 Å². The zero-order chi connectivity index (χ0) is 23.0. The van der Waals surface area contributed by atoms with E-state index in [9.17, 15) is 14.6 Å². The molecular weight excluding hydrogens is 474 g/mol. The van der Waals surface area contributed by atoms with Crippen molar-refractivity contribution in [1.82, 2.24) is 20.1 Å². The molecule has 0 saturated carbocycles. The number of nitrogens with zero attached hydrogens (tertiary/aromatic N) is 2. The number of benzene rings is 2. The second-order valence-electron chi connectivity index (χ2n) is 7.17. The van der Waals surface area contributed by atoms with E-state index in [0.717, 1.165) is 11.1 Å². The highest BCUT2D eigenvalue weighted by Gasteiger charge is 2.40. The van der Waals surface area contributed by atoms with E-state index in [1.54, 1.807) is 0 Å². The minimum absolute atomic E-state index is 0.0984. The number of carbonyl (C=O) groups excluding carboxylic acids is 1. The Bertz CT molecular complexity index is 864. The first-order chi connectivity index (χ1) is 15.5. The molecule has 1 heterocycles. The quantitative estimate of drug-likeness (QED) is 0.204. The number of hydroxylamine groups is 2. The molecule has 0 spiro atoms. The molecule has 2 atom stereocenters. The van der Waals surface area contributed by atoms with Crippen molar-refractivity contribution in [2.45, 2.75) is 18.6 Å². The SMILES string of the molecule is O=C(NC(c1ccccc1)c1ccccc1)N(O)C1CCOP(=O)(N(CCCl)CCCl)N1. The third kappa shape index (κ3) is 6.23. The summed E-state index contributed by atoms with van der Waals surface area (Å²) in [5.74, 6) is 0.464. The Hall–Kier alpha value is -1.64. The highest BCUT2D eigenvalue weighted by Crippen LogP contribution is 2.49. The molecule has 2 aromatic rings.